The Hall–Kier alpha value is -1.30. The van der Waals surface area contributed by atoms with Crippen molar-refractivity contribution in [1.82, 2.24) is 5.32 Å². The van der Waals surface area contributed by atoms with E-state index in [1.807, 2.05) is 0 Å². The predicted octanol–water partition coefficient (Wildman–Crippen LogP) is 0.0427. The summed E-state index contributed by atoms with van der Waals surface area (Å²) >= 11 is 0. The van der Waals surface area contributed by atoms with Crippen LogP contribution in [0.1, 0.15) is 10.6 Å². The van der Waals surface area contributed by atoms with Crippen molar-refractivity contribution < 1.29 is 17.6 Å². The van der Waals surface area contributed by atoms with Gasteiger partial charge in [-0.15, -0.1) is 0 Å². The minimum atomic E-state index is -3.37. The van der Waals surface area contributed by atoms with E-state index in [-0.39, 0.29) is 10.9 Å². The average molecular weight is 203 g/mol. The molecule has 1 amide bonds. The van der Waals surface area contributed by atoms with Gasteiger partial charge in [0.1, 0.15) is 0 Å². The highest BCUT2D eigenvalue weighted by molar-refractivity contribution is 7.90. The van der Waals surface area contributed by atoms with Gasteiger partial charge in [0, 0.05) is 13.3 Å². The number of sulfone groups is 1. The molecule has 0 aliphatic heterocycles. The summed E-state index contributed by atoms with van der Waals surface area (Å²) in [5.74, 6) is -0.460. The third-order valence-corrected chi connectivity index (χ3v) is 2.35. The van der Waals surface area contributed by atoms with Crippen molar-refractivity contribution in [2.24, 2.45) is 0 Å². The van der Waals surface area contributed by atoms with Crippen LogP contribution >= 0.6 is 0 Å². The van der Waals surface area contributed by atoms with Crippen LogP contribution < -0.4 is 5.32 Å². The van der Waals surface area contributed by atoms with Crippen molar-refractivity contribution in [3.63, 3.8) is 0 Å². The zero-order valence-electron chi connectivity index (χ0n) is 7.20. The van der Waals surface area contributed by atoms with Crippen molar-refractivity contribution in [3.8, 4) is 0 Å². The molecule has 0 atom stereocenters. The highest BCUT2D eigenvalue weighted by Gasteiger charge is 2.15. The number of carbonyl (C=O) groups is 1. The molecule has 5 nitrogen and oxygen atoms in total. The van der Waals surface area contributed by atoms with Gasteiger partial charge in [0.2, 0.25) is 14.9 Å². The maximum atomic E-state index is 11.0. The first kappa shape index (κ1) is 9.79. The van der Waals surface area contributed by atoms with E-state index in [2.05, 4.69) is 5.32 Å². The van der Waals surface area contributed by atoms with Gasteiger partial charge in [0.15, 0.2) is 5.76 Å². The third kappa shape index (κ3) is 2.09. The average Bonchev–Trinajstić information content (AvgIpc) is 2.50. The lowest BCUT2D eigenvalue weighted by molar-refractivity contribution is 0.0930. The molecule has 1 N–H and O–H groups in total. The first-order valence-electron chi connectivity index (χ1n) is 3.47. The highest BCUT2D eigenvalue weighted by Crippen LogP contribution is 2.12. The predicted molar refractivity (Wildman–Crippen MR) is 45.2 cm³/mol. The molecule has 1 heterocycles. The summed E-state index contributed by atoms with van der Waals surface area (Å²) in [5, 5.41) is 2.12. The first-order chi connectivity index (χ1) is 5.95. The summed E-state index contributed by atoms with van der Waals surface area (Å²) in [6.45, 7) is 0. The van der Waals surface area contributed by atoms with E-state index >= 15 is 0 Å². The van der Waals surface area contributed by atoms with Crippen LogP contribution in [0.3, 0.4) is 0 Å². The van der Waals surface area contributed by atoms with Crippen molar-refractivity contribution >= 4 is 15.7 Å². The number of hydrogen-bond acceptors (Lipinski definition) is 4. The van der Waals surface area contributed by atoms with Gasteiger partial charge in [-0.2, -0.15) is 0 Å². The normalized spacial score (nSPS) is 11.2. The monoisotopic (exact) mass is 203 g/mol. The Morgan fingerprint density at radius 3 is 2.46 bits per heavy atom. The Bertz CT molecular complexity index is 417. The number of nitrogens with one attached hydrogen (secondary N) is 1. The second-order valence-electron chi connectivity index (χ2n) is 2.47. The summed E-state index contributed by atoms with van der Waals surface area (Å²) < 4.78 is 26.7. The van der Waals surface area contributed by atoms with E-state index in [0.29, 0.717) is 0 Å². The minimum Gasteiger partial charge on any atom is -0.440 e. The molecule has 0 unspecified atom stereocenters. The van der Waals surface area contributed by atoms with Gasteiger partial charge in [0.25, 0.3) is 5.91 Å². The van der Waals surface area contributed by atoms with E-state index in [1.54, 1.807) is 0 Å². The molecule has 0 saturated carbocycles. The maximum absolute atomic E-state index is 11.0. The van der Waals surface area contributed by atoms with Crippen LogP contribution in [0.5, 0.6) is 0 Å². The van der Waals surface area contributed by atoms with Gasteiger partial charge in [-0.25, -0.2) is 8.42 Å². The molecular formula is C7H9NO4S. The smallest absolute Gasteiger partial charge is 0.286 e. The van der Waals surface area contributed by atoms with Crippen LogP contribution in [0.25, 0.3) is 0 Å². The molecule has 0 aromatic carbocycles. The van der Waals surface area contributed by atoms with Gasteiger partial charge >= 0.3 is 0 Å². The Morgan fingerprint density at radius 2 is 2.08 bits per heavy atom. The third-order valence-electron chi connectivity index (χ3n) is 1.40. The Balaban J connectivity index is 3.07. The summed E-state index contributed by atoms with van der Waals surface area (Å²) in [6.07, 6.45) is 1.01. The van der Waals surface area contributed by atoms with Crippen LogP contribution in [-0.2, 0) is 9.84 Å². The Labute approximate surface area is 75.7 Å². The summed E-state index contributed by atoms with van der Waals surface area (Å²) in [5.41, 5.74) is 0. The van der Waals surface area contributed by atoms with Crippen molar-refractivity contribution in [1.29, 1.82) is 0 Å². The standard InChI is InChI=1S/C7H9NO4S/c1-8-7(9)5-3-4-6(12-5)13(2,10)11/h3-4H,1-2H3,(H,8,9). The molecule has 13 heavy (non-hydrogen) atoms. The summed E-state index contributed by atoms with van der Waals surface area (Å²) in [4.78, 5) is 11.0. The Morgan fingerprint density at radius 1 is 1.46 bits per heavy atom. The quantitative estimate of drug-likeness (QED) is 0.736. The van der Waals surface area contributed by atoms with Gasteiger partial charge in [-0.3, -0.25) is 4.79 Å². The lowest BCUT2D eigenvalue weighted by atomic mass is 10.4. The first-order valence-corrected chi connectivity index (χ1v) is 5.36. The number of rotatable bonds is 2. The van der Waals surface area contributed by atoms with Crippen LogP contribution in [0.4, 0.5) is 0 Å². The zero-order chi connectivity index (χ0) is 10.1. The van der Waals surface area contributed by atoms with Gasteiger partial charge in [-0.05, 0) is 12.1 Å². The van der Waals surface area contributed by atoms with E-state index < -0.39 is 15.7 Å². The van der Waals surface area contributed by atoms with Crippen LogP contribution in [-0.4, -0.2) is 27.6 Å². The van der Waals surface area contributed by atoms with Gasteiger partial charge in [-0.1, -0.05) is 0 Å². The minimum absolute atomic E-state index is 0.0112. The van der Waals surface area contributed by atoms with Crippen LogP contribution in [0, 0.1) is 0 Å². The highest BCUT2D eigenvalue weighted by atomic mass is 32.2. The topological polar surface area (TPSA) is 76.4 Å². The van der Waals surface area contributed by atoms with E-state index in [4.69, 9.17) is 4.42 Å². The number of amides is 1. The van der Waals surface area contributed by atoms with Crippen molar-refractivity contribution in [2.75, 3.05) is 13.3 Å². The molecule has 1 aromatic heterocycles. The second-order valence-corrected chi connectivity index (χ2v) is 4.42. The van der Waals surface area contributed by atoms with E-state index in [0.717, 1.165) is 6.26 Å². The van der Waals surface area contributed by atoms with Crippen molar-refractivity contribution in [3.05, 3.63) is 17.9 Å². The fraction of sp³-hybridized carbons (Fsp3) is 0.286. The van der Waals surface area contributed by atoms with Gasteiger partial charge < -0.3 is 9.73 Å². The molecule has 1 rings (SSSR count). The number of furan rings is 1. The van der Waals surface area contributed by atoms with E-state index in [1.165, 1.54) is 19.2 Å². The lowest BCUT2D eigenvalue weighted by Gasteiger charge is -1.93. The number of carbonyl (C=O) groups excluding carboxylic acids is 1. The molecule has 72 valence electrons. The molecule has 0 saturated heterocycles. The fourth-order valence-corrected chi connectivity index (χ4v) is 1.32. The molecule has 6 heteroatoms. The molecule has 0 spiro atoms. The summed E-state index contributed by atoms with van der Waals surface area (Å²) in [7, 11) is -1.93. The largest absolute Gasteiger partial charge is 0.440 e. The van der Waals surface area contributed by atoms with E-state index in [9.17, 15) is 13.2 Å². The van der Waals surface area contributed by atoms with Crippen LogP contribution in [0.2, 0.25) is 0 Å². The lowest BCUT2D eigenvalue weighted by Crippen LogP contribution is -2.16. The van der Waals surface area contributed by atoms with Crippen molar-refractivity contribution in [2.45, 2.75) is 5.09 Å². The molecular weight excluding hydrogens is 194 g/mol. The summed E-state index contributed by atoms with van der Waals surface area (Å²) in [6, 6.07) is 2.56. The Kier molecular flexibility index (Phi) is 2.42. The number of hydrogen-bond donors (Lipinski definition) is 1. The second kappa shape index (κ2) is 3.21. The molecule has 0 bridgehead atoms. The van der Waals surface area contributed by atoms with Gasteiger partial charge in [0.05, 0.1) is 0 Å². The molecule has 0 aliphatic carbocycles. The maximum Gasteiger partial charge on any atom is 0.286 e. The zero-order valence-corrected chi connectivity index (χ0v) is 8.01. The molecule has 0 aliphatic rings. The fourth-order valence-electron chi connectivity index (χ4n) is 0.765. The molecule has 0 fully saturated rings. The SMILES string of the molecule is CNC(=O)c1ccc(S(C)(=O)=O)o1. The van der Waals surface area contributed by atoms with Crippen LogP contribution in [0.15, 0.2) is 21.6 Å². The molecule has 0 radical (unpaired) electrons. The molecule has 1 aromatic rings.